The van der Waals surface area contributed by atoms with Gasteiger partial charge in [-0.15, -0.1) is 0 Å². The Balaban J connectivity index is 1.25. The van der Waals surface area contributed by atoms with Crippen LogP contribution in [0.15, 0.2) is 78.9 Å². The van der Waals surface area contributed by atoms with Crippen molar-refractivity contribution in [2.24, 2.45) is 0 Å². The summed E-state index contributed by atoms with van der Waals surface area (Å²) in [5.41, 5.74) is -0.583. The van der Waals surface area contributed by atoms with Crippen LogP contribution in [0, 0.1) is 0 Å². The van der Waals surface area contributed by atoms with Gasteiger partial charge in [0, 0.05) is 64.1 Å². The molecule has 2 unspecified atom stereocenters. The average Bonchev–Trinajstić information content (AvgIpc) is 3.22. The second kappa shape index (κ2) is 13.6. The second-order valence-corrected chi connectivity index (χ2v) is 15.9. The topological polar surface area (TPSA) is 320 Å². The van der Waals surface area contributed by atoms with Gasteiger partial charge in [-0.25, -0.2) is 0 Å². The van der Waals surface area contributed by atoms with Crippen LogP contribution in [0.4, 0.5) is 0 Å². The molecular weight excluding hydrogens is 828 g/mol. The summed E-state index contributed by atoms with van der Waals surface area (Å²) in [5.74, 6) is -12.6. The van der Waals surface area contributed by atoms with E-state index >= 15 is 0 Å². The third-order valence-electron chi connectivity index (χ3n) is 12.2. The predicted octanol–water partition coefficient (Wildman–Crippen LogP) is 4.24. The maximum atomic E-state index is 12.5. The molecule has 4 aliphatic rings. The van der Waals surface area contributed by atoms with E-state index in [4.69, 9.17) is 18.9 Å². The highest BCUT2D eigenvalue weighted by molar-refractivity contribution is 5.72. The number of aromatic hydroxyl groups is 11. The predicted molar refractivity (Wildman–Crippen MR) is 212 cm³/mol. The lowest BCUT2D eigenvalue weighted by molar-refractivity contribution is -0.219. The number of hydrogen-bond donors (Lipinski definition) is 14. The molecule has 0 amide bonds. The average molecular weight is 865 g/mol. The molecular formula is C45H36O18. The van der Waals surface area contributed by atoms with Crippen molar-refractivity contribution in [2.45, 2.75) is 54.6 Å². The lowest BCUT2D eigenvalue weighted by Crippen LogP contribution is -2.57. The van der Waals surface area contributed by atoms with Crippen LogP contribution in [-0.4, -0.2) is 89.8 Å². The molecule has 4 aliphatic heterocycles. The first-order valence-corrected chi connectivity index (χ1v) is 19.3. The normalized spacial score (nSPS) is 25.2. The van der Waals surface area contributed by atoms with E-state index in [-0.39, 0.29) is 73.9 Å². The van der Waals surface area contributed by atoms with E-state index in [1.54, 1.807) is 0 Å². The maximum absolute atomic E-state index is 12.5. The highest BCUT2D eigenvalue weighted by Crippen LogP contribution is 2.65. The number of aliphatic hydroxyl groups is 3. The largest absolute Gasteiger partial charge is 0.508 e. The van der Waals surface area contributed by atoms with Gasteiger partial charge in [0.1, 0.15) is 70.1 Å². The van der Waals surface area contributed by atoms with Crippen molar-refractivity contribution < 1.29 is 90.4 Å². The molecule has 0 aliphatic carbocycles. The Morgan fingerprint density at radius 3 is 1.62 bits per heavy atom. The molecule has 18 nitrogen and oxygen atoms in total. The minimum absolute atomic E-state index is 0.0325. The Bertz CT molecular complexity index is 2910. The Hall–Kier alpha value is -7.80. The number of aliphatic hydroxyl groups excluding tert-OH is 3. The fourth-order valence-corrected chi connectivity index (χ4v) is 9.32. The van der Waals surface area contributed by atoms with Crippen molar-refractivity contribution in [3.05, 3.63) is 123 Å². The number of rotatable bonds is 4. The number of fused-ring (bicyclic) bond motifs is 9. The molecule has 10 rings (SSSR count). The first-order valence-electron chi connectivity index (χ1n) is 19.3. The van der Waals surface area contributed by atoms with Crippen molar-refractivity contribution >= 4 is 0 Å². The summed E-state index contributed by atoms with van der Waals surface area (Å²) >= 11 is 0. The van der Waals surface area contributed by atoms with E-state index in [0.29, 0.717) is 0 Å². The molecule has 324 valence electrons. The Labute approximate surface area is 354 Å². The van der Waals surface area contributed by atoms with Crippen LogP contribution < -0.4 is 18.9 Å². The zero-order chi connectivity index (χ0) is 44.5. The summed E-state index contributed by atoms with van der Waals surface area (Å²) in [7, 11) is 0. The highest BCUT2D eigenvalue weighted by atomic mass is 16.7. The van der Waals surface area contributed by atoms with Crippen LogP contribution in [-0.2, 0) is 12.2 Å². The summed E-state index contributed by atoms with van der Waals surface area (Å²) in [6.07, 6.45) is -8.29. The fraction of sp³-hybridized carbons (Fsp3) is 0.200. The monoisotopic (exact) mass is 864 g/mol. The van der Waals surface area contributed by atoms with Crippen LogP contribution in [0.3, 0.4) is 0 Å². The van der Waals surface area contributed by atoms with E-state index in [1.165, 1.54) is 18.2 Å². The molecule has 0 spiro atoms. The zero-order valence-corrected chi connectivity index (χ0v) is 32.1. The Kier molecular flexibility index (Phi) is 8.49. The summed E-state index contributed by atoms with van der Waals surface area (Å²) < 4.78 is 25.6. The summed E-state index contributed by atoms with van der Waals surface area (Å²) in [6.45, 7) is 0. The van der Waals surface area contributed by atoms with E-state index in [2.05, 4.69) is 0 Å². The molecule has 0 saturated heterocycles. The third-order valence-corrected chi connectivity index (χ3v) is 12.2. The van der Waals surface area contributed by atoms with Gasteiger partial charge in [-0.3, -0.25) is 0 Å². The molecule has 0 saturated carbocycles. The van der Waals surface area contributed by atoms with Crippen molar-refractivity contribution in [1.82, 2.24) is 0 Å². The van der Waals surface area contributed by atoms with Crippen LogP contribution >= 0.6 is 0 Å². The summed E-state index contributed by atoms with van der Waals surface area (Å²) in [4.78, 5) is 0. The van der Waals surface area contributed by atoms with Crippen molar-refractivity contribution in [3.8, 4) is 86.2 Å². The van der Waals surface area contributed by atoms with Gasteiger partial charge in [-0.05, 0) is 53.6 Å². The number of hydrogen-bond acceptors (Lipinski definition) is 18. The quantitative estimate of drug-likeness (QED) is 0.110. The van der Waals surface area contributed by atoms with Crippen LogP contribution in [0.1, 0.15) is 68.6 Å². The van der Waals surface area contributed by atoms with Crippen molar-refractivity contribution in [2.75, 3.05) is 0 Å². The fourth-order valence-electron chi connectivity index (χ4n) is 9.32. The van der Waals surface area contributed by atoms with Gasteiger partial charge in [0.25, 0.3) is 0 Å². The van der Waals surface area contributed by atoms with E-state index in [1.807, 2.05) is 0 Å². The standard InChI is InChI=1S/C45H36O18/c46-18-10-27(54)33-31(11-18)62-45(17-3-6-22(49)26(53)9-17)44(59)38(33)36-32(63-45)14-29(56)35-37(39(58)41(61-43(35)36)16-2-5-21(48)25(52)8-16)34-28(55)13-23(50)19-12-30(57)40(60-42(19)34)15-1-4-20(47)24(51)7-15/h1-11,13-14,30,37-41,44,46-59H,12H2/t30-,37?,38+,39+,40+,41?,44+,45-/m0/s1. The molecule has 4 heterocycles. The van der Waals surface area contributed by atoms with E-state index in [9.17, 15) is 71.5 Å². The summed E-state index contributed by atoms with van der Waals surface area (Å²) in [6, 6.07) is 14.8. The lowest BCUT2D eigenvalue weighted by Gasteiger charge is -2.51. The smallest absolute Gasteiger partial charge is 0.305 e. The van der Waals surface area contributed by atoms with Gasteiger partial charge >= 0.3 is 5.79 Å². The third kappa shape index (κ3) is 5.68. The van der Waals surface area contributed by atoms with Gasteiger partial charge < -0.3 is 90.4 Å². The van der Waals surface area contributed by atoms with Crippen molar-refractivity contribution in [1.29, 1.82) is 0 Å². The Morgan fingerprint density at radius 2 is 0.984 bits per heavy atom. The van der Waals surface area contributed by atoms with Crippen LogP contribution in [0.5, 0.6) is 86.2 Å². The molecule has 18 heteroatoms. The van der Waals surface area contributed by atoms with Gasteiger partial charge in [0.2, 0.25) is 0 Å². The minimum Gasteiger partial charge on any atom is -0.508 e. The summed E-state index contributed by atoms with van der Waals surface area (Å²) in [5, 5.41) is 155. The highest BCUT2D eigenvalue weighted by Gasteiger charge is 2.61. The molecule has 14 N–H and O–H groups in total. The molecule has 2 bridgehead atoms. The maximum Gasteiger partial charge on any atom is 0.305 e. The lowest BCUT2D eigenvalue weighted by atomic mass is 9.71. The molecule has 0 fully saturated rings. The van der Waals surface area contributed by atoms with Crippen LogP contribution in [0.2, 0.25) is 0 Å². The number of phenolic OH excluding ortho intramolecular Hbond substituents is 11. The first kappa shape index (κ1) is 39.3. The van der Waals surface area contributed by atoms with Gasteiger partial charge in [0.15, 0.2) is 40.6 Å². The molecule has 8 atom stereocenters. The zero-order valence-electron chi connectivity index (χ0n) is 32.1. The van der Waals surface area contributed by atoms with E-state index in [0.717, 1.165) is 60.7 Å². The van der Waals surface area contributed by atoms with Gasteiger partial charge in [0.05, 0.1) is 17.9 Å². The second-order valence-electron chi connectivity index (χ2n) is 15.9. The minimum atomic E-state index is -2.31. The first-order chi connectivity index (χ1) is 30.0. The molecule has 0 radical (unpaired) electrons. The molecule has 6 aromatic carbocycles. The molecule has 63 heavy (non-hydrogen) atoms. The number of ether oxygens (including phenoxy) is 4. The Morgan fingerprint density at radius 1 is 0.444 bits per heavy atom. The molecule has 0 aromatic heterocycles. The molecule has 6 aromatic rings. The van der Waals surface area contributed by atoms with Crippen molar-refractivity contribution in [3.63, 3.8) is 0 Å². The number of benzene rings is 6. The van der Waals surface area contributed by atoms with Gasteiger partial charge in [-0.1, -0.05) is 12.1 Å². The SMILES string of the molecule is Oc1cc(O)c2c(c1)O[C@@]1(c3ccc(O)c(O)c3)Oc3cc(O)c4c(c3[C@@H]2[C@H]1O)OC(c1ccc(O)c(O)c1)[C@H](O)C4c1c(O)cc(O)c2c1O[C@H](c1ccc(O)c(O)c1)[C@@H](O)C2. The van der Waals surface area contributed by atoms with Crippen LogP contribution in [0.25, 0.3) is 0 Å². The van der Waals surface area contributed by atoms with Gasteiger partial charge in [-0.2, -0.15) is 0 Å². The number of phenols is 11. The van der Waals surface area contributed by atoms with E-state index < -0.39 is 111 Å².